The molecule has 0 amide bonds. The number of hydrogen-bond donors (Lipinski definition) is 0. The van der Waals surface area contributed by atoms with Crippen LogP contribution in [-0.2, 0) is 14.2 Å². The standard InChI is InChI=1S/C6H9FO3/c1-8-6-5-4(10-5)3(7)2-9-6/h3-6H,2H2,1H3/t3-,4+,5+,6+/m0/s1. The minimum atomic E-state index is -0.962. The van der Waals surface area contributed by atoms with E-state index in [2.05, 4.69) is 0 Å². The van der Waals surface area contributed by atoms with Crippen molar-refractivity contribution in [2.45, 2.75) is 24.7 Å². The van der Waals surface area contributed by atoms with Crippen LogP contribution in [0.4, 0.5) is 4.39 Å². The van der Waals surface area contributed by atoms with Gasteiger partial charge < -0.3 is 14.2 Å². The summed E-state index contributed by atoms with van der Waals surface area (Å²) in [7, 11) is 1.53. The fourth-order valence-electron chi connectivity index (χ4n) is 1.22. The van der Waals surface area contributed by atoms with E-state index in [4.69, 9.17) is 14.2 Å². The SMILES string of the molecule is CO[C@@H]1OC[C@H](F)[C@H]2O[C@@H]12. The van der Waals surface area contributed by atoms with Gasteiger partial charge in [-0.05, 0) is 0 Å². The van der Waals surface area contributed by atoms with Crippen LogP contribution in [0.5, 0.6) is 0 Å². The number of halogens is 1. The summed E-state index contributed by atoms with van der Waals surface area (Å²) in [4.78, 5) is 0. The minimum absolute atomic E-state index is 0.0969. The van der Waals surface area contributed by atoms with Crippen LogP contribution in [0.2, 0.25) is 0 Å². The lowest BCUT2D eigenvalue weighted by atomic mass is 10.2. The highest BCUT2D eigenvalue weighted by molar-refractivity contribution is 4.96. The molecule has 4 heteroatoms. The van der Waals surface area contributed by atoms with Crippen molar-refractivity contribution in [2.24, 2.45) is 0 Å². The molecule has 2 aliphatic heterocycles. The van der Waals surface area contributed by atoms with E-state index in [0.717, 1.165) is 0 Å². The third-order valence-corrected chi connectivity index (χ3v) is 1.84. The predicted molar refractivity (Wildman–Crippen MR) is 30.3 cm³/mol. The second-order valence-corrected chi connectivity index (χ2v) is 2.52. The van der Waals surface area contributed by atoms with Gasteiger partial charge in [0, 0.05) is 7.11 Å². The molecule has 0 radical (unpaired) electrons. The number of fused-ring (bicyclic) bond motifs is 1. The van der Waals surface area contributed by atoms with Gasteiger partial charge in [-0.1, -0.05) is 0 Å². The van der Waals surface area contributed by atoms with Crippen LogP contribution in [0.3, 0.4) is 0 Å². The smallest absolute Gasteiger partial charge is 0.186 e. The predicted octanol–water partition coefficient (Wildman–Crippen LogP) is 0.0946. The highest BCUT2D eigenvalue weighted by Gasteiger charge is 2.54. The van der Waals surface area contributed by atoms with E-state index in [1.165, 1.54) is 7.11 Å². The zero-order valence-electron chi connectivity index (χ0n) is 5.62. The van der Waals surface area contributed by atoms with Crippen LogP contribution in [0.1, 0.15) is 0 Å². The quantitative estimate of drug-likeness (QED) is 0.494. The third-order valence-electron chi connectivity index (χ3n) is 1.84. The van der Waals surface area contributed by atoms with Crippen molar-refractivity contribution in [3.8, 4) is 0 Å². The first-order valence-corrected chi connectivity index (χ1v) is 3.27. The second kappa shape index (κ2) is 2.15. The summed E-state index contributed by atoms with van der Waals surface area (Å²) < 4.78 is 27.4. The summed E-state index contributed by atoms with van der Waals surface area (Å²) in [6.45, 7) is 0.0969. The molecule has 2 rings (SSSR count). The van der Waals surface area contributed by atoms with Crippen LogP contribution < -0.4 is 0 Å². The summed E-state index contributed by atoms with van der Waals surface area (Å²) in [5.41, 5.74) is 0. The molecule has 0 aliphatic carbocycles. The summed E-state index contributed by atoms with van der Waals surface area (Å²) in [5, 5.41) is 0. The van der Waals surface area contributed by atoms with Crippen molar-refractivity contribution in [1.82, 2.24) is 0 Å². The van der Waals surface area contributed by atoms with Gasteiger partial charge >= 0.3 is 0 Å². The molecule has 4 atom stereocenters. The van der Waals surface area contributed by atoms with Crippen molar-refractivity contribution in [3.63, 3.8) is 0 Å². The van der Waals surface area contributed by atoms with E-state index >= 15 is 0 Å². The van der Waals surface area contributed by atoms with Crippen LogP contribution in [-0.4, -0.2) is 38.4 Å². The molecular weight excluding hydrogens is 139 g/mol. The van der Waals surface area contributed by atoms with E-state index in [9.17, 15) is 4.39 Å². The number of alkyl halides is 1. The fraction of sp³-hybridized carbons (Fsp3) is 1.00. The first-order valence-electron chi connectivity index (χ1n) is 3.27. The molecule has 0 bridgehead atoms. The van der Waals surface area contributed by atoms with Crippen molar-refractivity contribution in [3.05, 3.63) is 0 Å². The van der Waals surface area contributed by atoms with Gasteiger partial charge in [-0.3, -0.25) is 0 Å². The van der Waals surface area contributed by atoms with Gasteiger partial charge in [0.1, 0.15) is 12.2 Å². The Balaban J connectivity index is 1.95. The fourth-order valence-corrected chi connectivity index (χ4v) is 1.22. The normalized spacial score (nSPS) is 52.2. The van der Waals surface area contributed by atoms with Crippen molar-refractivity contribution >= 4 is 0 Å². The number of methoxy groups -OCH3 is 1. The van der Waals surface area contributed by atoms with Crippen LogP contribution in [0.25, 0.3) is 0 Å². The summed E-state index contributed by atoms with van der Waals surface area (Å²) in [6, 6.07) is 0. The Labute approximate surface area is 58.1 Å². The van der Waals surface area contributed by atoms with Gasteiger partial charge in [-0.2, -0.15) is 0 Å². The molecule has 0 aromatic carbocycles. The van der Waals surface area contributed by atoms with E-state index in [0.29, 0.717) is 0 Å². The zero-order chi connectivity index (χ0) is 7.14. The summed E-state index contributed by atoms with van der Waals surface area (Å²) in [6.07, 6.45) is -1.74. The van der Waals surface area contributed by atoms with Gasteiger partial charge in [0.25, 0.3) is 0 Å². The van der Waals surface area contributed by atoms with Gasteiger partial charge in [0.15, 0.2) is 12.5 Å². The van der Waals surface area contributed by atoms with Gasteiger partial charge in [-0.15, -0.1) is 0 Å². The maximum absolute atomic E-state index is 12.6. The summed E-state index contributed by atoms with van der Waals surface area (Å²) >= 11 is 0. The molecule has 2 fully saturated rings. The molecular formula is C6H9FO3. The zero-order valence-corrected chi connectivity index (χ0v) is 5.62. The van der Waals surface area contributed by atoms with E-state index in [-0.39, 0.29) is 25.1 Å². The van der Waals surface area contributed by atoms with Crippen molar-refractivity contribution < 1.29 is 18.6 Å². The van der Waals surface area contributed by atoms with E-state index < -0.39 is 6.17 Å². The third kappa shape index (κ3) is 0.836. The highest BCUT2D eigenvalue weighted by atomic mass is 19.1. The molecule has 0 aromatic heterocycles. The van der Waals surface area contributed by atoms with Crippen molar-refractivity contribution in [1.29, 1.82) is 0 Å². The number of epoxide rings is 1. The molecule has 0 spiro atoms. The topological polar surface area (TPSA) is 31.0 Å². The number of rotatable bonds is 1. The van der Waals surface area contributed by atoms with Crippen LogP contribution >= 0.6 is 0 Å². The molecule has 0 unspecified atom stereocenters. The first-order chi connectivity index (χ1) is 4.83. The van der Waals surface area contributed by atoms with Gasteiger partial charge in [-0.25, -0.2) is 4.39 Å². The Morgan fingerprint density at radius 1 is 1.50 bits per heavy atom. The lowest BCUT2D eigenvalue weighted by Gasteiger charge is -2.19. The number of ether oxygens (including phenoxy) is 3. The Morgan fingerprint density at radius 2 is 2.30 bits per heavy atom. The Bertz CT molecular complexity index is 141. The van der Waals surface area contributed by atoms with Crippen molar-refractivity contribution in [2.75, 3.05) is 13.7 Å². The Hall–Kier alpha value is -0.190. The molecule has 0 saturated carbocycles. The molecule has 0 N–H and O–H groups in total. The molecule has 2 saturated heterocycles. The lowest BCUT2D eigenvalue weighted by molar-refractivity contribution is -0.153. The first kappa shape index (κ1) is 6.52. The molecule has 3 nitrogen and oxygen atoms in total. The average Bonchev–Trinajstić information content (AvgIpc) is 2.68. The Kier molecular flexibility index (Phi) is 1.40. The molecule has 10 heavy (non-hydrogen) atoms. The Morgan fingerprint density at radius 3 is 3.00 bits per heavy atom. The van der Waals surface area contributed by atoms with Crippen LogP contribution in [0.15, 0.2) is 0 Å². The molecule has 0 aromatic rings. The number of hydrogen-bond acceptors (Lipinski definition) is 3. The monoisotopic (exact) mass is 148 g/mol. The lowest BCUT2D eigenvalue weighted by Crippen LogP contribution is -2.35. The minimum Gasteiger partial charge on any atom is -0.361 e. The maximum atomic E-state index is 12.6. The molecule has 58 valence electrons. The average molecular weight is 148 g/mol. The van der Waals surface area contributed by atoms with E-state index in [1.807, 2.05) is 0 Å². The second-order valence-electron chi connectivity index (χ2n) is 2.52. The summed E-state index contributed by atoms with van der Waals surface area (Å²) in [5.74, 6) is 0. The van der Waals surface area contributed by atoms with E-state index in [1.54, 1.807) is 0 Å². The molecule has 2 aliphatic rings. The highest BCUT2D eigenvalue weighted by Crippen LogP contribution is 2.35. The van der Waals surface area contributed by atoms with Gasteiger partial charge in [0.2, 0.25) is 0 Å². The van der Waals surface area contributed by atoms with Gasteiger partial charge in [0.05, 0.1) is 6.61 Å². The maximum Gasteiger partial charge on any atom is 0.186 e. The largest absolute Gasteiger partial charge is 0.361 e. The van der Waals surface area contributed by atoms with Crippen LogP contribution in [0, 0.1) is 0 Å². The molecule has 2 heterocycles.